The van der Waals surface area contributed by atoms with E-state index in [9.17, 15) is 4.79 Å². The third-order valence-electron chi connectivity index (χ3n) is 4.10. The molecule has 0 aliphatic heterocycles. The Kier molecular flexibility index (Phi) is 4.25. The molecule has 0 heterocycles. The number of amides is 1. The van der Waals surface area contributed by atoms with E-state index in [-0.39, 0.29) is 17.9 Å². The molecule has 1 aromatic carbocycles. The Morgan fingerprint density at radius 2 is 1.89 bits per heavy atom. The number of carbonyl (C=O) groups is 1. The van der Waals surface area contributed by atoms with Crippen LogP contribution in [-0.2, 0) is 4.79 Å². The molecule has 3 heteroatoms. The molecule has 1 fully saturated rings. The topological polar surface area (TPSA) is 46.3 Å². The average Bonchev–Trinajstić information content (AvgIpc) is 2.84. The summed E-state index contributed by atoms with van der Waals surface area (Å²) in [6, 6.07) is 8.46. The first-order valence-electron chi connectivity index (χ1n) is 7.12. The fraction of sp³-hybridized carbons (Fsp3) is 0.562. The smallest absolute Gasteiger partial charge is 0.229 e. The minimum absolute atomic E-state index is 0.102. The van der Waals surface area contributed by atoms with Crippen LogP contribution in [0, 0.1) is 5.92 Å². The van der Waals surface area contributed by atoms with Gasteiger partial charge in [0.05, 0.1) is 0 Å². The van der Waals surface area contributed by atoms with Gasteiger partial charge in [0.1, 0.15) is 0 Å². The van der Waals surface area contributed by atoms with Gasteiger partial charge in [-0.1, -0.05) is 26.0 Å². The van der Waals surface area contributed by atoms with Crippen LogP contribution in [0.2, 0.25) is 0 Å². The van der Waals surface area contributed by atoms with E-state index < -0.39 is 0 Å². The van der Waals surface area contributed by atoms with Crippen molar-refractivity contribution in [3.8, 4) is 0 Å². The van der Waals surface area contributed by atoms with Crippen LogP contribution >= 0.6 is 0 Å². The van der Waals surface area contributed by atoms with E-state index in [4.69, 9.17) is 5.73 Å². The van der Waals surface area contributed by atoms with Crippen molar-refractivity contribution in [3.63, 3.8) is 0 Å². The molecule has 0 saturated heterocycles. The van der Waals surface area contributed by atoms with Crippen LogP contribution in [0.5, 0.6) is 0 Å². The minimum atomic E-state index is 0.102. The molecular weight excluding hydrogens is 236 g/mol. The minimum Gasteiger partial charge on any atom is -0.328 e. The lowest BCUT2D eigenvalue weighted by Gasteiger charge is -2.21. The summed E-state index contributed by atoms with van der Waals surface area (Å²) in [6.45, 7) is 4.34. The maximum atomic E-state index is 12.4. The van der Waals surface area contributed by atoms with Crippen LogP contribution in [0.3, 0.4) is 0 Å². The molecule has 0 radical (unpaired) electrons. The molecule has 19 heavy (non-hydrogen) atoms. The van der Waals surface area contributed by atoms with Crippen LogP contribution in [0.4, 0.5) is 5.69 Å². The Morgan fingerprint density at radius 3 is 2.37 bits per heavy atom. The second kappa shape index (κ2) is 5.74. The molecule has 1 aliphatic rings. The Labute approximate surface area is 115 Å². The van der Waals surface area contributed by atoms with Gasteiger partial charge in [-0.25, -0.2) is 0 Å². The number of nitrogens with two attached hydrogens (primary N) is 1. The van der Waals surface area contributed by atoms with Crippen LogP contribution in [-0.4, -0.2) is 19.0 Å². The van der Waals surface area contributed by atoms with E-state index in [1.807, 2.05) is 19.2 Å². The van der Waals surface area contributed by atoms with Crippen LogP contribution < -0.4 is 10.6 Å². The summed E-state index contributed by atoms with van der Waals surface area (Å²) < 4.78 is 0. The van der Waals surface area contributed by atoms with E-state index in [1.54, 1.807) is 4.90 Å². The van der Waals surface area contributed by atoms with E-state index in [0.29, 0.717) is 5.92 Å². The van der Waals surface area contributed by atoms with Gasteiger partial charge in [0, 0.05) is 24.7 Å². The van der Waals surface area contributed by atoms with E-state index in [2.05, 4.69) is 26.0 Å². The zero-order valence-electron chi connectivity index (χ0n) is 12.1. The largest absolute Gasteiger partial charge is 0.328 e. The van der Waals surface area contributed by atoms with Crippen molar-refractivity contribution in [2.45, 2.75) is 45.1 Å². The second-order valence-electron chi connectivity index (χ2n) is 5.91. The van der Waals surface area contributed by atoms with Crippen molar-refractivity contribution < 1.29 is 4.79 Å². The van der Waals surface area contributed by atoms with Crippen molar-refractivity contribution in [2.24, 2.45) is 11.7 Å². The van der Waals surface area contributed by atoms with E-state index in [1.165, 1.54) is 5.56 Å². The third kappa shape index (κ3) is 3.16. The van der Waals surface area contributed by atoms with Gasteiger partial charge in [-0.3, -0.25) is 4.79 Å². The van der Waals surface area contributed by atoms with Gasteiger partial charge in [0.2, 0.25) is 5.91 Å². The van der Waals surface area contributed by atoms with Gasteiger partial charge in [-0.2, -0.15) is 0 Å². The molecule has 1 aliphatic carbocycles. The fourth-order valence-corrected chi connectivity index (χ4v) is 2.72. The summed E-state index contributed by atoms with van der Waals surface area (Å²) in [7, 11) is 1.86. The van der Waals surface area contributed by atoms with Gasteiger partial charge in [-0.05, 0) is 42.9 Å². The number of anilines is 1. The normalized spacial score (nSPS) is 22.8. The third-order valence-corrected chi connectivity index (χ3v) is 4.10. The number of hydrogen-bond donors (Lipinski definition) is 1. The lowest BCUT2D eigenvalue weighted by molar-refractivity contribution is -0.121. The highest BCUT2D eigenvalue weighted by Crippen LogP contribution is 2.28. The Hall–Kier alpha value is -1.35. The van der Waals surface area contributed by atoms with Crippen LogP contribution in [0.1, 0.15) is 44.6 Å². The lowest BCUT2D eigenvalue weighted by Crippen LogP contribution is -2.32. The first kappa shape index (κ1) is 14.1. The molecule has 1 amide bonds. The quantitative estimate of drug-likeness (QED) is 0.908. The molecule has 0 bridgehead atoms. The predicted molar refractivity (Wildman–Crippen MR) is 79.3 cm³/mol. The zero-order valence-corrected chi connectivity index (χ0v) is 12.1. The van der Waals surface area contributed by atoms with Crippen molar-refractivity contribution in [2.75, 3.05) is 11.9 Å². The fourth-order valence-electron chi connectivity index (χ4n) is 2.72. The van der Waals surface area contributed by atoms with Gasteiger partial charge < -0.3 is 10.6 Å². The molecule has 3 nitrogen and oxygen atoms in total. The summed E-state index contributed by atoms with van der Waals surface area (Å²) in [5.41, 5.74) is 8.15. The highest BCUT2D eigenvalue weighted by Gasteiger charge is 2.30. The highest BCUT2D eigenvalue weighted by atomic mass is 16.2. The molecule has 0 spiro atoms. The van der Waals surface area contributed by atoms with E-state index >= 15 is 0 Å². The predicted octanol–water partition coefficient (Wildman–Crippen LogP) is 2.90. The molecule has 1 saturated carbocycles. The van der Waals surface area contributed by atoms with Crippen molar-refractivity contribution in [3.05, 3.63) is 29.8 Å². The van der Waals surface area contributed by atoms with E-state index in [0.717, 1.165) is 24.9 Å². The maximum Gasteiger partial charge on any atom is 0.229 e. The summed E-state index contributed by atoms with van der Waals surface area (Å²) >= 11 is 0. The number of nitrogens with zero attached hydrogens (tertiary/aromatic N) is 1. The highest BCUT2D eigenvalue weighted by molar-refractivity contribution is 5.94. The van der Waals surface area contributed by atoms with Gasteiger partial charge >= 0.3 is 0 Å². The number of benzene rings is 1. The molecule has 1 aromatic rings. The van der Waals surface area contributed by atoms with Crippen LogP contribution in [0.15, 0.2) is 24.3 Å². The van der Waals surface area contributed by atoms with Gasteiger partial charge in [0.25, 0.3) is 0 Å². The molecular formula is C16H24N2O. The molecule has 0 unspecified atom stereocenters. The first-order chi connectivity index (χ1) is 8.99. The number of carbonyl (C=O) groups excluding carboxylic acids is 1. The maximum absolute atomic E-state index is 12.4. The Morgan fingerprint density at radius 1 is 1.26 bits per heavy atom. The summed E-state index contributed by atoms with van der Waals surface area (Å²) in [5.74, 6) is 0.818. The van der Waals surface area contributed by atoms with Crippen LogP contribution in [0.25, 0.3) is 0 Å². The zero-order chi connectivity index (χ0) is 14.0. The summed E-state index contributed by atoms with van der Waals surface area (Å²) in [5, 5.41) is 0. The Balaban J connectivity index is 2.06. The monoisotopic (exact) mass is 260 g/mol. The van der Waals surface area contributed by atoms with Crippen molar-refractivity contribution >= 4 is 11.6 Å². The molecule has 2 atom stereocenters. The SMILES string of the molecule is CC(C)c1ccc(N(C)C(=O)[C@H]2CC[C@H](N)C2)cc1. The number of hydrogen-bond acceptors (Lipinski definition) is 2. The first-order valence-corrected chi connectivity index (χ1v) is 7.12. The molecule has 2 N–H and O–H groups in total. The second-order valence-corrected chi connectivity index (χ2v) is 5.91. The van der Waals surface area contributed by atoms with Gasteiger partial charge in [0.15, 0.2) is 0 Å². The average molecular weight is 260 g/mol. The Bertz CT molecular complexity index is 439. The molecule has 104 valence electrons. The molecule has 0 aromatic heterocycles. The lowest BCUT2D eigenvalue weighted by atomic mass is 10.0. The molecule has 2 rings (SSSR count). The van der Waals surface area contributed by atoms with Crippen molar-refractivity contribution in [1.29, 1.82) is 0 Å². The summed E-state index contributed by atoms with van der Waals surface area (Å²) in [6.07, 6.45) is 2.72. The standard InChI is InChI=1S/C16H24N2O/c1-11(2)12-5-8-15(9-6-12)18(3)16(19)13-4-7-14(17)10-13/h5-6,8-9,11,13-14H,4,7,10,17H2,1-3H3/t13-,14-/m0/s1. The van der Waals surface area contributed by atoms with Crippen molar-refractivity contribution in [1.82, 2.24) is 0 Å². The summed E-state index contributed by atoms with van der Waals surface area (Å²) in [4.78, 5) is 14.2. The number of rotatable bonds is 3. The van der Waals surface area contributed by atoms with Gasteiger partial charge in [-0.15, -0.1) is 0 Å².